The number of hydrogen-bond acceptors (Lipinski definition) is 13. The van der Waals surface area contributed by atoms with E-state index in [-0.39, 0.29) is 23.1 Å². The molecule has 0 aromatic heterocycles. The van der Waals surface area contributed by atoms with Gasteiger partial charge in [-0.2, -0.15) is 0 Å². The summed E-state index contributed by atoms with van der Waals surface area (Å²) >= 11 is 0. The van der Waals surface area contributed by atoms with E-state index in [2.05, 4.69) is 0 Å². The number of allylic oxidation sites excluding steroid dienone is 1. The minimum atomic E-state index is -3.19. The molecule has 5 N–H and O–H groups in total. The third-order valence-corrected chi connectivity index (χ3v) is 9.40. The van der Waals surface area contributed by atoms with Crippen LogP contribution in [0.3, 0.4) is 0 Å². The molecule has 0 spiro atoms. The molecule has 0 heterocycles. The Hall–Kier alpha value is -3.33. The zero-order chi connectivity index (χ0) is 36.8. The van der Waals surface area contributed by atoms with Gasteiger partial charge in [-0.1, -0.05) is 39.2 Å². The molecule has 14 nitrogen and oxygen atoms in total. The van der Waals surface area contributed by atoms with Crippen molar-refractivity contribution in [3.8, 4) is 0 Å². The largest absolute Gasteiger partial charge is 0.479 e. The van der Waals surface area contributed by atoms with Crippen LogP contribution in [0.25, 0.3) is 0 Å². The van der Waals surface area contributed by atoms with E-state index in [1.165, 1.54) is 26.8 Å². The Balaban J connectivity index is 2.89. The molecule has 48 heavy (non-hydrogen) atoms. The van der Waals surface area contributed by atoms with Crippen molar-refractivity contribution in [3.05, 3.63) is 22.8 Å². The summed E-state index contributed by atoms with van der Waals surface area (Å²) in [7, 11) is 0. The number of hydrogen-bond donors (Lipinski definition) is 5. The van der Waals surface area contributed by atoms with Gasteiger partial charge in [0.15, 0.2) is 23.4 Å². The Bertz CT molecular complexity index is 1280. The number of fused-ring (bicyclic) bond motifs is 1. The van der Waals surface area contributed by atoms with E-state index in [1.807, 2.05) is 6.92 Å². The van der Waals surface area contributed by atoms with Gasteiger partial charge < -0.3 is 44.5 Å². The molecular weight excluding hydrogens is 632 g/mol. The fraction of sp³-hybridized carbons (Fsp3) is 0.735. The van der Waals surface area contributed by atoms with Crippen LogP contribution in [-0.4, -0.2) is 103 Å². The number of esters is 4. The van der Waals surface area contributed by atoms with Gasteiger partial charge >= 0.3 is 29.8 Å². The maximum absolute atomic E-state index is 13.3. The van der Waals surface area contributed by atoms with Crippen LogP contribution in [0.15, 0.2) is 22.8 Å². The number of carboxylic acids is 1. The van der Waals surface area contributed by atoms with Crippen LogP contribution in [-0.2, 0) is 42.9 Å². The third kappa shape index (κ3) is 8.44. The molecule has 9 atom stereocenters. The van der Waals surface area contributed by atoms with Gasteiger partial charge in [0, 0.05) is 25.3 Å². The van der Waals surface area contributed by atoms with Crippen molar-refractivity contribution in [2.45, 2.75) is 154 Å². The highest BCUT2D eigenvalue weighted by Gasteiger charge is 2.71. The lowest BCUT2D eigenvalue weighted by Gasteiger charge is -2.45. The van der Waals surface area contributed by atoms with Gasteiger partial charge in [0.2, 0.25) is 0 Å². The van der Waals surface area contributed by atoms with E-state index in [1.54, 1.807) is 13.8 Å². The zero-order valence-corrected chi connectivity index (χ0v) is 29.1. The van der Waals surface area contributed by atoms with Gasteiger partial charge in [-0.3, -0.25) is 14.4 Å². The number of aliphatic hydroxyl groups is 4. The van der Waals surface area contributed by atoms with Crippen LogP contribution in [0.4, 0.5) is 0 Å². The van der Waals surface area contributed by atoms with Crippen molar-refractivity contribution in [2.24, 2.45) is 5.92 Å². The van der Waals surface area contributed by atoms with Crippen LogP contribution in [0.1, 0.15) is 107 Å². The fourth-order valence-electron chi connectivity index (χ4n) is 6.61. The van der Waals surface area contributed by atoms with Gasteiger partial charge in [-0.25, -0.2) is 9.59 Å². The minimum absolute atomic E-state index is 0.00423. The average Bonchev–Trinajstić information content (AvgIpc) is 3.22. The SMILES string of the molecule is C/C=C(/C)C(=O)O[C@H]1C(C)=C2[C@H]([C@@H]1OC(=O)C[C@@H](O)CCCCC)[C@@](C)(OC(C)=O)C[C@H](OC(=O)CCC)[C@](O)([C@](C)(O)C(=O)O)[C@H]2O. The fourth-order valence-corrected chi connectivity index (χ4v) is 6.61. The Labute approximate surface area is 281 Å². The number of carbonyl (C=O) groups excluding carboxylic acids is 4. The van der Waals surface area contributed by atoms with E-state index >= 15 is 0 Å². The summed E-state index contributed by atoms with van der Waals surface area (Å²) in [6, 6.07) is 0. The van der Waals surface area contributed by atoms with Crippen molar-refractivity contribution in [3.63, 3.8) is 0 Å². The van der Waals surface area contributed by atoms with E-state index in [4.69, 9.17) is 18.9 Å². The standard InChI is InChI=1S/C34H52O14/c1-9-12-13-15-21(36)16-24(38)46-28-26-25(19(5)27(28)47-30(40)18(4)11-3)29(39)34(44,33(8,43)31(41)42)22(45-23(37)14-10-2)17-32(26,7)48-20(6)35/h11,21-22,26-29,36,39,43-44H,9-10,12-17H2,1-8H3,(H,41,42)/b18-11-/t21-,22-,26+,27-,28-,29-,32-,33+,34+/m0/s1. The molecule has 0 aromatic rings. The van der Waals surface area contributed by atoms with E-state index in [0.717, 1.165) is 26.7 Å². The second-order valence-corrected chi connectivity index (χ2v) is 13.2. The quantitative estimate of drug-likeness (QED) is 0.0550. The highest BCUT2D eigenvalue weighted by Crippen LogP contribution is 2.54. The summed E-state index contributed by atoms with van der Waals surface area (Å²) in [5.41, 5.74) is -8.39. The van der Waals surface area contributed by atoms with Crippen LogP contribution < -0.4 is 0 Å². The van der Waals surface area contributed by atoms with E-state index in [9.17, 15) is 49.5 Å². The predicted octanol–water partition coefficient (Wildman–Crippen LogP) is 2.42. The van der Waals surface area contributed by atoms with Gasteiger partial charge in [0.25, 0.3) is 0 Å². The molecule has 2 aliphatic carbocycles. The monoisotopic (exact) mass is 684 g/mol. The molecule has 2 rings (SSSR count). The van der Waals surface area contributed by atoms with Crippen molar-refractivity contribution in [1.29, 1.82) is 0 Å². The van der Waals surface area contributed by atoms with Crippen LogP contribution in [0.2, 0.25) is 0 Å². The Morgan fingerprint density at radius 1 is 1.04 bits per heavy atom. The summed E-state index contributed by atoms with van der Waals surface area (Å²) < 4.78 is 23.0. The normalized spacial score (nSPS) is 30.8. The topological polar surface area (TPSA) is 223 Å². The maximum atomic E-state index is 13.3. The smallest absolute Gasteiger partial charge is 0.338 e. The number of aliphatic carboxylic acids is 1. The van der Waals surface area contributed by atoms with Crippen LogP contribution >= 0.6 is 0 Å². The average molecular weight is 685 g/mol. The van der Waals surface area contributed by atoms with E-state index in [0.29, 0.717) is 19.3 Å². The summed E-state index contributed by atoms with van der Waals surface area (Å²) in [5, 5.41) is 56.2. The van der Waals surface area contributed by atoms with Crippen molar-refractivity contribution in [2.75, 3.05) is 0 Å². The lowest BCUT2D eigenvalue weighted by molar-refractivity contribution is -0.247. The van der Waals surface area contributed by atoms with Gasteiger partial charge in [-0.15, -0.1) is 0 Å². The lowest BCUT2D eigenvalue weighted by atomic mass is 9.73. The first-order valence-corrected chi connectivity index (χ1v) is 16.4. The lowest BCUT2D eigenvalue weighted by Crippen LogP contribution is -2.70. The minimum Gasteiger partial charge on any atom is -0.479 e. The second kappa shape index (κ2) is 16.4. The Morgan fingerprint density at radius 3 is 2.19 bits per heavy atom. The Morgan fingerprint density at radius 2 is 1.67 bits per heavy atom. The van der Waals surface area contributed by atoms with Crippen molar-refractivity contribution < 1.29 is 68.5 Å². The maximum Gasteiger partial charge on any atom is 0.338 e. The summed E-state index contributed by atoms with van der Waals surface area (Å²) in [5.74, 6) is -6.93. The number of rotatable bonds is 15. The summed E-state index contributed by atoms with van der Waals surface area (Å²) in [6.45, 7) is 11.2. The number of carboxylic acid groups (broad SMARTS) is 1. The predicted molar refractivity (Wildman–Crippen MR) is 169 cm³/mol. The van der Waals surface area contributed by atoms with Gasteiger partial charge in [0.1, 0.15) is 17.8 Å². The number of carbonyl (C=O) groups is 5. The Kier molecular flexibility index (Phi) is 13.9. The van der Waals surface area contributed by atoms with Crippen LogP contribution in [0.5, 0.6) is 0 Å². The highest BCUT2D eigenvalue weighted by atomic mass is 16.6. The zero-order valence-electron chi connectivity index (χ0n) is 29.1. The molecule has 0 aliphatic heterocycles. The molecule has 1 fully saturated rings. The number of unbranched alkanes of at least 4 members (excludes halogenated alkanes) is 2. The molecule has 2 aliphatic rings. The molecule has 0 radical (unpaired) electrons. The highest BCUT2D eigenvalue weighted by molar-refractivity contribution is 5.88. The van der Waals surface area contributed by atoms with Gasteiger partial charge in [0.05, 0.1) is 18.4 Å². The van der Waals surface area contributed by atoms with E-state index < -0.39 is 95.9 Å². The molecule has 1 saturated carbocycles. The molecular formula is C34H52O14. The number of aliphatic hydroxyl groups excluding tert-OH is 2. The van der Waals surface area contributed by atoms with Crippen molar-refractivity contribution in [1.82, 2.24) is 0 Å². The van der Waals surface area contributed by atoms with Crippen LogP contribution in [0, 0.1) is 5.92 Å². The summed E-state index contributed by atoms with van der Waals surface area (Å²) in [6.07, 6.45) is -5.28. The first-order valence-electron chi connectivity index (χ1n) is 16.4. The molecule has 272 valence electrons. The molecule has 0 amide bonds. The summed E-state index contributed by atoms with van der Waals surface area (Å²) in [4.78, 5) is 64.3. The molecule has 14 heteroatoms. The first kappa shape index (κ1) is 40.8. The first-order chi connectivity index (χ1) is 22.2. The molecule has 0 bridgehead atoms. The molecule has 0 saturated heterocycles. The molecule has 0 unspecified atom stereocenters. The number of ether oxygens (including phenoxy) is 4. The molecule has 0 aromatic carbocycles. The van der Waals surface area contributed by atoms with Crippen molar-refractivity contribution >= 4 is 29.8 Å². The third-order valence-electron chi connectivity index (χ3n) is 9.40. The second-order valence-electron chi connectivity index (χ2n) is 13.2. The van der Waals surface area contributed by atoms with Gasteiger partial charge in [-0.05, 0) is 58.6 Å².